The average Bonchev–Trinajstić information content (AvgIpc) is 2.85. The summed E-state index contributed by atoms with van der Waals surface area (Å²) in [5, 5.41) is 7.80. The molecule has 0 aliphatic rings. The molecule has 0 spiro atoms. The third kappa shape index (κ3) is 2.98. The molecule has 0 saturated carbocycles. The predicted molar refractivity (Wildman–Crippen MR) is 89.1 cm³/mol. The maximum atomic E-state index is 11.7. The molecule has 110 valence electrons. The Labute approximate surface area is 128 Å². The number of hydrogen-bond donors (Lipinski definition) is 2. The van der Waals surface area contributed by atoms with Crippen LogP contribution >= 0.6 is 0 Å². The third-order valence-corrected chi connectivity index (χ3v) is 3.33. The first-order chi connectivity index (χ1) is 10.7. The lowest BCUT2D eigenvalue weighted by molar-refractivity contribution is 0.252. The van der Waals surface area contributed by atoms with Gasteiger partial charge in [0.25, 0.3) is 0 Å². The number of urea groups is 1. The number of nitrogens with zero attached hydrogens (tertiary/aromatic N) is 2. The molecular weight excluding hydrogens is 276 g/mol. The molecule has 0 aliphatic heterocycles. The van der Waals surface area contributed by atoms with Crippen molar-refractivity contribution in [1.29, 1.82) is 0 Å². The van der Waals surface area contributed by atoms with E-state index in [-0.39, 0.29) is 6.03 Å². The molecule has 3 rings (SSSR count). The Kier molecular flexibility index (Phi) is 3.87. The summed E-state index contributed by atoms with van der Waals surface area (Å²) < 4.78 is 2.03. The predicted octanol–water partition coefficient (Wildman–Crippen LogP) is 3.33. The maximum Gasteiger partial charge on any atom is 0.339 e. The van der Waals surface area contributed by atoms with Crippen molar-refractivity contribution in [3.8, 4) is 0 Å². The van der Waals surface area contributed by atoms with Crippen molar-refractivity contribution in [1.82, 2.24) is 9.99 Å². The standard InChI is InChI=1S/C17H16N4O/c1-21-12-13(15-9-5-6-10-16(15)21)11-18-20-17(22)19-14-7-3-2-4-8-14/h2-12H,1H3,(H2,19,20,22)/b18-11-. The van der Waals surface area contributed by atoms with Crippen LogP contribution < -0.4 is 10.7 Å². The zero-order valence-electron chi connectivity index (χ0n) is 12.2. The molecule has 0 saturated heterocycles. The van der Waals surface area contributed by atoms with E-state index in [0.717, 1.165) is 22.2 Å². The van der Waals surface area contributed by atoms with Crippen molar-refractivity contribution in [3.05, 3.63) is 66.4 Å². The molecule has 5 nitrogen and oxygen atoms in total. The van der Waals surface area contributed by atoms with Crippen LogP contribution in [0.4, 0.5) is 10.5 Å². The van der Waals surface area contributed by atoms with Gasteiger partial charge in [0, 0.05) is 35.4 Å². The highest BCUT2D eigenvalue weighted by Crippen LogP contribution is 2.18. The monoisotopic (exact) mass is 292 g/mol. The SMILES string of the molecule is Cn1cc(/C=N\NC(=O)Nc2ccccc2)c2ccccc21. The quantitative estimate of drug-likeness (QED) is 0.564. The van der Waals surface area contributed by atoms with E-state index in [4.69, 9.17) is 0 Å². The van der Waals surface area contributed by atoms with Crippen molar-refractivity contribution >= 4 is 28.8 Å². The summed E-state index contributed by atoms with van der Waals surface area (Å²) in [5.74, 6) is 0. The molecule has 2 N–H and O–H groups in total. The van der Waals surface area contributed by atoms with Gasteiger partial charge >= 0.3 is 6.03 Å². The Morgan fingerprint density at radius 3 is 2.64 bits per heavy atom. The molecule has 0 unspecified atom stereocenters. The third-order valence-electron chi connectivity index (χ3n) is 3.33. The molecule has 0 radical (unpaired) electrons. The second-order valence-electron chi connectivity index (χ2n) is 4.90. The normalized spacial score (nSPS) is 11.0. The summed E-state index contributed by atoms with van der Waals surface area (Å²) in [6.07, 6.45) is 3.62. The number of anilines is 1. The highest BCUT2D eigenvalue weighted by molar-refractivity contribution is 6.00. The van der Waals surface area contributed by atoms with Gasteiger partial charge in [-0.2, -0.15) is 5.10 Å². The topological polar surface area (TPSA) is 58.4 Å². The summed E-state index contributed by atoms with van der Waals surface area (Å²) in [5.41, 5.74) is 5.27. The minimum Gasteiger partial charge on any atom is -0.350 e. The summed E-state index contributed by atoms with van der Waals surface area (Å²) in [7, 11) is 1.98. The van der Waals surface area contributed by atoms with E-state index in [9.17, 15) is 4.79 Å². The van der Waals surface area contributed by atoms with Crippen molar-refractivity contribution in [2.24, 2.45) is 12.1 Å². The number of benzene rings is 2. The average molecular weight is 292 g/mol. The van der Waals surface area contributed by atoms with Crippen LogP contribution in [0.1, 0.15) is 5.56 Å². The molecule has 2 aromatic carbocycles. The van der Waals surface area contributed by atoms with Crippen molar-refractivity contribution < 1.29 is 4.79 Å². The number of fused-ring (bicyclic) bond motifs is 1. The van der Waals surface area contributed by atoms with Crippen LogP contribution in [0.3, 0.4) is 0 Å². The molecule has 22 heavy (non-hydrogen) atoms. The van der Waals surface area contributed by atoms with Gasteiger partial charge in [0.15, 0.2) is 0 Å². The lowest BCUT2D eigenvalue weighted by atomic mass is 10.2. The number of aromatic nitrogens is 1. The number of hydrazone groups is 1. The number of nitrogens with one attached hydrogen (secondary N) is 2. The number of rotatable bonds is 3. The maximum absolute atomic E-state index is 11.7. The first-order valence-electron chi connectivity index (χ1n) is 6.93. The Balaban J connectivity index is 1.67. The zero-order valence-corrected chi connectivity index (χ0v) is 12.2. The zero-order chi connectivity index (χ0) is 15.4. The van der Waals surface area contributed by atoms with Gasteiger partial charge < -0.3 is 9.88 Å². The first-order valence-corrected chi connectivity index (χ1v) is 6.93. The summed E-state index contributed by atoms with van der Waals surface area (Å²) in [6, 6.07) is 16.9. The van der Waals surface area contributed by atoms with Gasteiger partial charge in [0.2, 0.25) is 0 Å². The van der Waals surface area contributed by atoms with Crippen LogP contribution in [-0.2, 0) is 7.05 Å². The molecular formula is C17H16N4O. The van der Waals surface area contributed by atoms with E-state index >= 15 is 0 Å². The van der Waals surface area contributed by atoms with Crippen LogP contribution in [0.5, 0.6) is 0 Å². The van der Waals surface area contributed by atoms with Crippen LogP contribution in [0, 0.1) is 0 Å². The van der Waals surface area contributed by atoms with Crippen LogP contribution in [-0.4, -0.2) is 16.8 Å². The number of para-hydroxylation sites is 2. The highest BCUT2D eigenvalue weighted by Gasteiger charge is 2.03. The van der Waals surface area contributed by atoms with Crippen molar-refractivity contribution in [2.45, 2.75) is 0 Å². The fourth-order valence-corrected chi connectivity index (χ4v) is 2.32. The first kappa shape index (κ1) is 13.9. The van der Waals surface area contributed by atoms with E-state index in [1.54, 1.807) is 6.21 Å². The second-order valence-corrected chi connectivity index (χ2v) is 4.90. The van der Waals surface area contributed by atoms with Gasteiger partial charge in [-0.25, -0.2) is 10.2 Å². The number of carbonyl (C=O) groups is 1. The van der Waals surface area contributed by atoms with Crippen LogP contribution in [0.25, 0.3) is 10.9 Å². The Hall–Kier alpha value is -3.08. The van der Waals surface area contributed by atoms with Gasteiger partial charge in [0.1, 0.15) is 0 Å². The fraction of sp³-hybridized carbons (Fsp3) is 0.0588. The fourth-order valence-electron chi connectivity index (χ4n) is 2.32. The highest BCUT2D eigenvalue weighted by atomic mass is 16.2. The molecule has 0 bridgehead atoms. The van der Waals surface area contributed by atoms with Crippen molar-refractivity contribution in [3.63, 3.8) is 0 Å². The molecule has 0 atom stereocenters. The molecule has 1 aromatic heterocycles. The Morgan fingerprint density at radius 1 is 1.09 bits per heavy atom. The summed E-state index contributed by atoms with van der Waals surface area (Å²) >= 11 is 0. The van der Waals surface area contributed by atoms with Gasteiger partial charge in [-0.15, -0.1) is 0 Å². The lowest BCUT2D eigenvalue weighted by Gasteiger charge is -2.02. The molecule has 0 fully saturated rings. The molecule has 1 heterocycles. The minimum atomic E-state index is -0.373. The second kappa shape index (κ2) is 6.13. The van der Waals surface area contributed by atoms with E-state index in [0.29, 0.717) is 0 Å². The van der Waals surface area contributed by atoms with Gasteiger partial charge in [0.05, 0.1) is 6.21 Å². The largest absolute Gasteiger partial charge is 0.350 e. The number of aryl methyl sites for hydroxylation is 1. The summed E-state index contributed by atoms with van der Waals surface area (Å²) in [4.78, 5) is 11.7. The number of hydrogen-bond acceptors (Lipinski definition) is 2. The van der Waals surface area contributed by atoms with E-state index in [2.05, 4.69) is 15.8 Å². The smallest absolute Gasteiger partial charge is 0.339 e. The van der Waals surface area contributed by atoms with E-state index in [1.807, 2.05) is 72.4 Å². The minimum absolute atomic E-state index is 0.373. The molecule has 5 heteroatoms. The number of amides is 2. The summed E-state index contributed by atoms with van der Waals surface area (Å²) in [6.45, 7) is 0. The Morgan fingerprint density at radius 2 is 1.82 bits per heavy atom. The van der Waals surface area contributed by atoms with Crippen molar-refractivity contribution in [2.75, 3.05) is 5.32 Å². The van der Waals surface area contributed by atoms with Crippen LogP contribution in [0.15, 0.2) is 65.9 Å². The lowest BCUT2D eigenvalue weighted by Crippen LogP contribution is -2.24. The van der Waals surface area contributed by atoms with Gasteiger partial charge in [-0.3, -0.25) is 0 Å². The molecule has 0 aliphatic carbocycles. The van der Waals surface area contributed by atoms with Crippen LogP contribution in [0.2, 0.25) is 0 Å². The van der Waals surface area contributed by atoms with E-state index in [1.165, 1.54) is 0 Å². The van der Waals surface area contributed by atoms with Gasteiger partial charge in [-0.05, 0) is 18.2 Å². The number of carbonyl (C=O) groups excluding carboxylic acids is 1. The molecule has 2 amide bonds. The molecule has 3 aromatic rings. The Bertz CT molecular complexity index is 821. The van der Waals surface area contributed by atoms with E-state index < -0.39 is 0 Å². The van der Waals surface area contributed by atoms with Gasteiger partial charge in [-0.1, -0.05) is 36.4 Å².